The number of benzene rings is 1. The van der Waals surface area contributed by atoms with Crippen molar-refractivity contribution in [1.82, 2.24) is 0 Å². The van der Waals surface area contributed by atoms with Crippen LogP contribution < -0.4 is 10.5 Å². The minimum atomic E-state index is 0.143. The zero-order chi connectivity index (χ0) is 12.7. The first-order valence-corrected chi connectivity index (χ1v) is 7.95. The van der Waals surface area contributed by atoms with Crippen molar-refractivity contribution in [2.45, 2.75) is 38.6 Å². The topological polar surface area (TPSA) is 35.2 Å². The van der Waals surface area contributed by atoms with Gasteiger partial charge in [0.25, 0.3) is 0 Å². The van der Waals surface area contributed by atoms with E-state index in [2.05, 4.69) is 41.6 Å². The Balaban J connectivity index is 1.96. The lowest BCUT2D eigenvalue weighted by molar-refractivity contribution is 0.323. The molecule has 18 heavy (non-hydrogen) atoms. The van der Waals surface area contributed by atoms with Crippen molar-refractivity contribution < 1.29 is 4.74 Å². The fraction of sp³-hybridized carbons (Fsp3) is 0.600. The molecule has 1 aliphatic carbocycles. The molecule has 1 aliphatic heterocycles. The second-order valence-electron chi connectivity index (χ2n) is 5.68. The van der Waals surface area contributed by atoms with Crippen LogP contribution >= 0.6 is 22.6 Å². The van der Waals surface area contributed by atoms with Crippen molar-refractivity contribution in [2.75, 3.05) is 6.61 Å². The summed E-state index contributed by atoms with van der Waals surface area (Å²) in [5, 5.41) is 0. The van der Waals surface area contributed by atoms with Crippen LogP contribution in [0, 0.1) is 15.4 Å². The molecule has 0 spiro atoms. The number of rotatable bonds is 2. The normalized spacial score (nSPS) is 27.9. The average Bonchev–Trinajstić information content (AvgIpc) is 2.95. The van der Waals surface area contributed by atoms with Gasteiger partial charge in [-0.05, 0) is 58.5 Å². The predicted octanol–water partition coefficient (Wildman–Crippen LogP) is 3.66. The molecule has 3 heteroatoms. The second-order valence-corrected chi connectivity index (χ2v) is 6.93. The molecular weight excluding hydrogens is 337 g/mol. The molecule has 0 bridgehead atoms. The van der Waals surface area contributed by atoms with Crippen molar-refractivity contribution in [3.05, 3.63) is 26.8 Å². The lowest BCUT2D eigenvalue weighted by atomic mass is 9.85. The molecule has 1 aromatic carbocycles. The third-order valence-corrected chi connectivity index (χ3v) is 5.15. The van der Waals surface area contributed by atoms with Crippen LogP contribution in [0.1, 0.15) is 43.4 Å². The quantitative estimate of drug-likeness (QED) is 0.820. The van der Waals surface area contributed by atoms with Gasteiger partial charge in [0.15, 0.2) is 0 Å². The first-order valence-electron chi connectivity index (χ1n) is 6.87. The smallest absolute Gasteiger partial charge is 0.127 e. The maximum Gasteiger partial charge on any atom is 0.127 e. The van der Waals surface area contributed by atoms with Crippen LogP contribution in [0.5, 0.6) is 5.75 Å². The third-order valence-electron chi connectivity index (χ3n) is 4.53. The molecule has 1 aromatic rings. The van der Waals surface area contributed by atoms with E-state index in [4.69, 9.17) is 10.5 Å². The summed E-state index contributed by atoms with van der Waals surface area (Å²) in [5.41, 5.74) is 9.14. The summed E-state index contributed by atoms with van der Waals surface area (Å²) in [6, 6.07) is 4.60. The van der Waals surface area contributed by atoms with Gasteiger partial charge in [0.2, 0.25) is 0 Å². The fourth-order valence-corrected chi connectivity index (χ4v) is 4.20. The first-order chi connectivity index (χ1) is 8.66. The van der Waals surface area contributed by atoms with E-state index in [9.17, 15) is 0 Å². The summed E-state index contributed by atoms with van der Waals surface area (Å²) in [5.74, 6) is 2.45. The van der Waals surface area contributed by atoms with Crippen molar-refractivity contribution in [1.29, 1.82) is 0 Å². The third kappa shape index (κ3) is 2.16. The number of ether oxygens (including phenoxy) is 1. The highest BCUT2D eigenvalue weighted by molar-refractivity contribution is 14.1. The standard InChI is InChI=1S/C15H20INO/c1-9-3-2-4-12(9)14(17)13-8-11(16)7-10-5-6-18-15(10)13/h7-9,12,14H,2-6,17H2,1H3. The molecule has 3 atom stereocenters. The zero-order valence-electron chi connectivity index (χ0n) is 10.8. The molecular formula is C15H20INO. The average molecular weight is 357 g/mol. The van der Waals surface area contributed by atoms with E-state index in [1.54, 1.807) is 0 Å². The number of hydrogen-bond acceptors (Lipinski definition) is 2. The van der Waals surface area contributed by atoms with Gasteiger partial charge in [0.1, 0.15) is 5.75 Å². The van der Waals surface area contributed by atoms with Gasteiger partial charge >= 0.3 is 0 Å². The summed E-state index contributed by atoms with van der Waals surface area (Å²) in [6.45, 7) is 3.15. The predicted molar refractivity (Wildman–Crippen MR) is 81.8 cm³/mol. The lowest BCUT2D eigenvalue weighted by Gasteiger charge is -2.25. The Hall–Kier alpha value is -0.290. The molecule has 3 rings (SSSR count). The zero-order valence-corrected chi connectivity index (χ0v) is 12.9. The van der Waals surface area contributed by atoms with Gasteiger partial charge in [0.05, 0.1) is 6.61 Å². The largest absolute Gasteiger partial charge is 0.493 e. The molecule has 0 saturated heterocycles. The van der Waals surface area contributed by atoms with Crippen molar-refractivity contribution in [2.24, 2.45) is 17.6 Å². The van der Waals surface area contributed by atoms with Gasteiger partial charge in [-0.3, -0.25) is 0 Å². The Morgan fingerprint density at radius 3 is 2.94 bits per heavy atom. The molecule has 2 N–H and O–H groups in total. The van der Waals surface area contributed by atoms with Gasteiger partial charge in [-0.25, -0.2) is 0 Å². The molecule has 2 nitrogen and oxygen atoms in total. The molecule has 0 aromatic heterocycles. The number of nitrogens with two attached hydrogens (primary N) is 1. The van der Waals surface area contributed by atoms with Crippen LogP contribution in [0.3, 0.4) is 0 Å². The van der Waals surface area contributed by atoms with Gasteiger partial charge in [0, 0.05) is 21.6 Å². The van der Waals surface area contributed by atoms with Crippen LogP contribution in [0.15, 0.2) is 12.1 Å². The van der Waals surface area contributed by atoms with Crippen molar-refractivity contribution in [3.8, 4) is 5.75 Å². The number of hydrogen-bond donors (Lipinski definition) is 1. The highest BCUT2D eigenvalue weighted by Crippen LogP contribution is 2.43. The molecule has 3 unspecified atom stereocenters. The minimum Gasteiger partial charge on any atom is -0.493 e. The molecule has 1 heterocycles. The van der Waals surface area contributed by atoms with Gasteiger partial charge in [-0.1, -0.05) is 19.8 Å². The van der Waals surface area contributed by atoms with Gasteiger partial charge in [-0.15, -0.1) is 0 Å². The first kappa shape index (κ1) is 12.7. The summed E-state index contributed by atoms with van der Waals surface area (Å²) in [4.78, 5) is 0. The molecule has 98 valence electrons. The van der Waals surface area contributed by atoms with Crippen LogP contribution in [-0.4, -0.2) is 6.61 Å². The van der Waals surface area contributed by atoms with Crippen LogP contribution in [0.2, 0.25) is 0 Å². The highest BCUT2D eigenvalue weighted by Gasteiger charge is 2.32. The maximum atomic E-state index is 6.55. The summed E-state index contributed by atoms with van der Waals surface area (Å²) >= 11 is 2.39. The summed E-state index contributed by atoms with van der Waals surface area (Å²) < 4.78 is 7.10. The maximum absolute atomic E-state index is 6.55. The SMILES string of the molecule is CC1CCCC1C(N)c1cc(I)cc2c1OCC2. The van der Waals surface area contributed by atoms with Crippen molar-refractivity contribution in [3.63, 3.8) is 0 Å². The molecule has 2 aliphatic rings. The number of fused-ring (bicyclic) bond motifs is 1. The molecule has 1 fully saturated rings. The Kier molecular flexibility index (Phi) is 3.54. The van der Waals surface area contributed by atoms with Crippen LogP contribution in [-0.2, 0) is 6.42 Å². The van der Waals surface area contributed by atoms with E-state index < -0.39 is 0 Å². The van der Waals surface area contributed by atoms with E-state index in [0.29, 0.717) is 5.92 Å². The van der Waals surface area contributed by atoms with Gasteiger partial charge < -0.3 is 10.5 Å². The molecule has 0 amide bonds. The lowest BCUT2D eigenvalue weighted by Crippen LogP contribution is -2.24. The van der Waals surface area contributed by atoms with E-state index >= 15 is 0 Å². The fourth-order valence-electron chi connectivity index (χ4n) is 3.48. The van der Waals surface area contributed by atoms with Crippen LogP contribution in [0.4, 0.5) is 0 Å². The van der Waals surface area contributed by atoms with Gasteiger partial charge in [-0.2, -0.15) is 0 Å². The van der Waals surface area contributed by atoms with Crippen molar-refractivity contribution >= 4 is 22.6 Å². The Morgan fingerprint density at radius 1 is 1.39 bits per heavy atom. The van der Waals surface area contributed by atoms with E-state index in [1.807, 2.05) is 0 Å². The summed E-state index contributed by atoms with van der Waals surface area (Å²) in [6.07, 6.45) is 4.95. The second kappa shape index (κ2) is 5.00. The van der Waals surface area contributed by atoms with Crippen LogP contribution in [0.25, 0.3) is 0 Å². The monoisotopic (exact) mass is 357 g/mol. The molecule has 1 saturated carbocycles. The van der Waals surface area contributed by atoms with E-state index in [0.717, 1.165) is 24.7 Å². The number of halogens is 1. The molecule has 0 radical (unpaired) electrons. The summed E-state index contributed by atoms with van der Waals surface area (Å²) in [7, 11) is 0. The Morgan fingerprint density at radius 2 is 2.22 bits per heavy atom. The Labute approximate surface area is 122 Å². The Bertz CT molecular complexity index is 460. The van der Waals surface area contributed by atoms with E-state index in [1.165, 1.54) is 34.0 Å². The highest BCUT2D eigenvalue weighted by atomic mass is 127. The minimum absolute atomic E-state index is 0.143. The van der Waals surface area contributed by atoms with E-state index in [-0.39, 0.29) is 6.04 Å².